The van der Waals surface area contributed by atoms with Crippen LogP contribution in [-0.2, 0) is 5.41 Å². The molecule has 0 N–H and O–H groups in total. The normalized spacial score (nSPS) is 13.0. The topological polar surface area (TPSA) is 21.3 Å². The van der Waals surface area contributed by atoms with Crippen molar-refractivity contribution in [3.05, 3.63) is 217 Å². The van der Waals surface area contributed by atoms with E-state index in [0.717, 1.165) is 88.7 Å². The molecule has 3 nitrogen and oxygen atoms in total. The Bertz CT molecular complexity index is 3520. The minimum absolute atomic E-state index is 0.138. The lowest BCUT2D eigenvalue weighted by molar-refractivity contribution is 0.629. The van der Waals surface area contributed by atoms with Gasteiger partial charge in [-0.15, -0.1) is 0 Å². The van der Waals surface area contributed by atoms with Crippen LogP contribution in [0.4, 0.5) is 21.5 Å². The molecule has 0 radical (unpaired) electrons. The number of hydrogen-bond donors (Lipinski definition) is 0. The Labute approximate surface area is 353 Å². The fraction of sp³-hybridized carbons (Fsp3) is 0.0526. The van der Waals surface area contributed by atoms with Gasteiger partial charge in [-0.2, -0.15) is 0 Å². The molecule has 9 aromatic carbocycles. The van der Waals surface area contributed by atoms with Gasteiger partial charge in [0.05, 0.1) is 11.0 Å². The third kappa shape index (κ3) is 5.49. The van der Waals surface area contributed by atoms with E-state index in [2.05, 4.69) is 175 Å². The van der Waals surface area contributed by atoms with Crippen LogP contribution in [0.1, 0.15) is 25.0 Å². The summed E-state index contributed by atoms with van der Waals surface area (Å²) in [4.78, 5) is 2.36. The molecule has 0 bridgehead atoms. The third-order valence-electron chi connectivity index (χ3n) is 12.9. The molecule has 2 heterocycles. The van der Waals surface area contributed by atoms with Crippen LogP contribution in [-0.4, -0.2) is 4.57 Å². The Morgan fingerprint density at radius 2 is 1.08 bits per heavy atom. The number of rotatable bonds is 6. The van der Waals surface area contributed by atoms with Crippen molar-refractivity contribution in [3.8, 4) is 39.1 Å². The predicted molar refractivity (Wildman–Crippen MR) is 251 cm³/mol. The molecule has 0 fully saturated rings. The fourth-order valence-electron chi connectivity index (χ4n) is 9.93. The second kappa shape index (κ2) is 13.4. The molecule has 0 atom stereocenters. The van der Waals surface area contributed by atoms with E-state index in [1.807, 2.05) is 36.4 Å². The summed E-state index contributed by atoms with van der Waals surface area (Å²) in [7, 11) is 0. The Kier molecular flexibility index (Phi) is 7.76. The van der Waals surface area contributed by atoms with Gasteiger partial charge in [-0.3, -0.25) is 0 Å². The zero-order valence-corrected chi connectivity index (χ0v) is 33.7. The SMILES string of the molecule is CC1(C)c2ccccc2-c2ccc(N(c3ccc(-c4cccc(-n5c6ccccc6c6ccc(F)cc65)c4)cc3)c3ccc(-c4cccc5oc6ccccc6c45)cc3)cc21. The minimum atomic E-state index is -0.247. The number of aromatic nitrogens is 1. The molecule has 1 aliphatic carbocycles. The van der Waals surface area contributed by atoms with Gasteiger partial charge in [0.25, 0.3) is 0 Å². The van der Waals surface area contributed by atoms with Crippen molar-refractivity contribution in [1.82, 2.24) is 4.57 Å². The van der Waals surface area contributed by atoms with E-state index >= 15 is 0 Å². The quantitative estimate of drug-likeness (QED) is 0.167. The van der Waals surface area contributed by atoms with Gasteiger partial charge in [-0.25, -0.2) is 4.39 Å². The minimum Gasteiger partial charge on any atom is -0.456 e. The summed E-state index contributed by atoms with van der Waals surface area (Å²) in [5.41, 5.74) is 17.5. The molecule has 0 amide bonds. The molecule has 0 saturated carbocycles. The summed E-state index contributed by atoms with van der Waals surface area (Å²) in [5, 5.41) is 4.39. The molecular weight excluding hydrogens is 748 g/mol. The molecule has 0 unspecified atom stereocenters. The van der Waals surface area contributed by atoms with Gasteiger partial charge in [0, 0.05) is 49.7 Å². The first-order valence-corrected chi connectivity index (χ1v) is 20.9. The van der Waals surface area contributed by atoms with Crippen molar-refractivity contribution < 1.29 is 8.81 Å². The Morgan fingerprint density at radius 1 is 0.443 bits per heavy atom. The number of furan rings is 1. The lowest BCUT2D eigenvalue weighted by atomic mass is 9.82. The monoisotopic (exact) mass is 786 g/mol. The number of hydrogen-bond acceptors (Lipinski definition) is 2. The van der Waals surface area contributed by atoms with Gasteiger partial charge in [0.15, 0.2) is 0 Å². The van der Waals surface area contributed by atoms with Crippen LogP contribution in [0.15, 0.2) is 205 Å². The molecule has 1 aliphatic rings. The molecule has 0 spiro atoms. The van der Waals surface area contributed by atoms with E-state index in [1.54, 1.807) is 12.1 Å². The van der Waals surface area contributed by atoms with E-state index in [-0.39, 0.29) is 11.2 Å². The number of benzene rings is 9. The number of nitrogens with zero attached hydrogens (tertiary/aromatic N) is 2. The van der Waals surface area contributed by atoms with Crippen LogP contribution < -0.4 is 4.90 Å². The van der Waals surface area contributed by atoms with E-state index in [9.17, 15) is 4.39 Å². The van der Waals surface area contributed by atoms with Gasteiger partial charge >= 0.3 is 0 Å². The van der Waals surface area contributed by atoms with E-state index in [1.165, 1.54) is 22.3 Å². The molecule has 290 valence electrons. The van der Waals surface area contributed by atoms with Crippen LogP contribution in [0.2, 0.25) is 0 Å². The summed E-state index contributed by atoms with van der Waals surface area (Å²) in [6.07, 6.45) is 0. The molecule has 4 heteroatoms. The Balaban J connectivity index is 0.961. The smallest absolute Gasteiger partial charge is 0.136 e. The number of halogens is 1. The van der Waals surface area contributed by atoms with E-state index in [4.69, 9.17) is 4.42 Å². The number of fused-ring (bicyclic) bond motifs is 9. The number of para-hydroxylation sites is 2. The van der Waals surface area contributed by atoms with E-state index in [0.29, 0.717) is 0 Å². The summed E-state index contributed by atoms with van der Waals surface area (Å²) < 4.78 is 23.1. The zero-order chi connectivity index (χ0) is 40.8. The second-order valence-electron chi connectivity index (χ2n) is 16.7. The molecule has 2 aromatic heterocycles. The highest BCUT2D eigenvalue weighted by Crippen LogP contribution is 2.51. The summed E-state index contributed by atoms with van der Waals surface area (Å²) in [6.45, 7) is 4.67. The maximum atomic E-state index is 14.7. The lowest BCUT2D eigenvalue weighted by Crippen LogP contribution is -2.16. The number of anilines is 3. The van der Waals surface area contributed by atoms with Gasteiger partial charge in [0.2, 0.25) is 0 Å². The van der Waals surface area contributed by atoms with Crippen molar-refractivity contribution in [1.29, 1.82) is 0 Å². The third-order valence-corrected chi connectivity index (χ3v) is 12.9. The highest BCUT2D eigenvalue weighted by atomic mass is 19.1. The first-order valence-electron chi connectivity index (χ1n) is 20.9. The molecule has 0 saturated heterocycles. The van der Waals surface area contributed by atoms with Crippen LogP contribution >= 0.6 is 0 Å². The van der Waals surface area contributed by atoms with Gasteiger partial charge < -0.3 is 13.9 Å². The Morgan fingerprint density at radius 3 is 1.92 bits per heavy atom. The summed E-state index contributed by atoms with van der Waals surface area (Å²) in [5.74, 6) is -0.247. The average molecular weight is 787 g/mol. The standard InChI is InChI=1S/C57H39FN2O/c1-57(2)50-17-6-3-13-45(50)46-32-30-43(35-51(46)57)59(41-28-23-37(24-29-41)44-16-10-20-55-56(44)49-15-5-8-19-54(49)61-55)40-26-21-36(22-27-40)38-11-9-12-42(33-38)60-52-18-7-4-14-47(52)48-31-25-39(58)34-53(48)60/h3-35H,1-2H3. The molecule has 0 aliphatic heterocycles. The molecule has 61 heavy (non-hydrogen) atoms. The zero-order valence-electron chi connectivity index (χ0n) is 33.7. The van der Waals surface area contributed by atoms with Crippen LogP contribution in [0.3, 0.4) is 0 Å². The highest BCUT2D eigenvalue weighted by molar-refractivity contribution is 6.12. The fourth-order valence-corrected chi connectivity index (χ4v) is 9.93. The summed E-state index contributed by atoms with van der Waals surface area (Å²) in [6, 6.07) is 70.0. The molecule has 11 aromatic rings. The maximum absolute atomic E-state index is 14.7. The van der Waals surface area contributed by atoms with Gasteiger partial charge in [-0.05, 0) is 129 Å². The highest BCUT2D eigenvalue weighted by Gasteiger charge is 2.35. The molecular formula is C57H39FN2O. The van der Waals surface area contributed by atoms with Crippen molar-refractivity contribution in [2.45, 2.75) is 19.3 Å². The van der Waals surface area contributed by atoms with Crippen molar-refractivity contribution >= 4 is 60.8 Å². The average Bonchev–Trinajstić information content (AvgIpc) is 3.92. The first-order chi connectivity index (χ1) is 29.9. The predicted octanol–water partition coefficient (Wildman–Crippen LogP) is 15.9. The van der Waals surface area contributed by atoms with Gasteiger partial charge in [-0.1, -0.05) is 129 Å². The Hall–Kier alpha value is -7.69. The first kappa shape index (κ1) is 35.3. The van der Waals surface area contributed by atoms with Crippen LogP contribution in [0.5, 0.6) is 0 Å². The maximum Gasteiger partial charge on any atom is 0.136 e. The largest absolute Gasteiger partial charge is 0.456 e. The van der Waals surface area contributed by atoms with Gasteiger partial charge in [0.1, 0.15) is 17.0 Å². The summed E-state index contributed by atoms with van der Waals surface area (Å²) >= 11 is 0. The lowest BCUT2D eigenvalue weighted by Gasteiger charge is -2.28. The second-order valence-corrected chi connectivity index (χ2v) is 16.7. The van der Waals surface area contributed by atoms with Crippen molar-refractivity contribution in [2.24, 2.45) is 0 Å². The molecule has 12 rings (SSSR count). The van der Waals surface area contributed by atoms with Crippen molar-refractivity contribution in [2.75, 3.05) is 4.90 Å². The van der Waals surface area contributed by atoms with E-state index < -0.39 is 0 Å². The van der Waals surface area contributed by atoms with Crippen LogP contribution in [0.25, 0.3) is 82.8 Å². The van der Waals surface area contributed by atoms with Crippen molar-refractivity contribution in [3.63, 3.8) is 0 Å². The van der Waals surface area contributed by atoms with Crippen LogP contribution in [0, 0.1) is 5.82 Å².